The average Bonchev–Trinajstić information content (AvgIpc) is 2.99. The molecule has 27 heavy (non-hydrogen) atoms. The predicted molar refractivity (Wildman–Crippen MR) is 106 cm³/mol. The van der Waals surface area contributed by atoms with Gasteiger partial charge in [-0.15, -0.1) is 12.3 Å². The van der Waals surface area contributed by atoms with Crippen molar-refractivity contribution < 1.29 is 14.6 Å². The average molecular weight is 369 g/mol. The topological polar surface area (TPSA) is 46.5 Å². The lowest BCUT2D eigenvalue weighted by molar-refractivity contribution is -0.136. The molecule has 0 heterocycles. The number of methoxy groups -OCH3 is 1. The molecule has 0 amide bonds. The van der Waals surface area contributed by atoms with Crippen molar-refractivity contribution in [2.45, 2.75) is 71.1 Å². The first kappa shape index (κ1) is 18.7. The van der Waals surface area contributed by atoms with Crippen molar-refractivity contribution in [3.63, 3.8) is 0 Å². The monoisotopic (exact) mass is 368 g/mol. The molecule has 0 spiro atoms. The van der Waals surface area contributed by atoms with Gasteiger partial charge >= 0.3 is 5.97 Å². The Bertz CT molecular complexity index is 739. The molecule has 4 aliphatic carbocycles. The molecule has 0 aliphatic heterocycles. The van der Waals surface area contributed by atoms with Gasteiger partial charge in [0.25, 0.3) is 0 Å². The van der Waals surface area contributed by atoms with Crippen molar-refractivity contribution in [2.75, 3.05) is 7.11 Å². The van der Waals surface area contributed by atoms with Crippen LogP contribution in [0.15, 0.2) is 23.0 Å². The number of fused-ring (bicyclic) bond motifs is 5. The van der Waals surface area contributed by atoms with E-state index in [-0.39, 0.29) is 16.6 Å². The number of allylic oxidation sites excluding steroid dienone is 3. The minimum Gasteiger partial charge on any atom is -0.490 e. The van der Waals surface area contributed by atoms with E-state index in [9.17, 15) is 9.90 Å². The number of carboxylic acid groups (broad SMARTS) is 1. The largest absolute Gasteiger partial charge is 0.490 e. The second-order valence-electron chi connectivity index (χ2n) is 9.40. The third-order valence-electron chi connectivity index (χ3n) is 8.62. The van der Waals surface area contributed by atoms with Crippen LogP contribution in [0.5, 0.6) is 0 Å². The lowest BCUT2D eigenvalue weighted by Crippen LogP contribution is -2.49. The van der Waals surface area contributed by atoms with Crippen LogP contribution < -0.4 is 0 Å². The summed E-state index contributed by atoms with van der Waals surface area (Å²) in [6.45, 7) is 2.30. The zero-order valence-electron chi connectivity index (χ0n) is 16.7. The van der Waals surface area contributed by atoms with Gasteiger partial charge in [-0.3, -0.25) is 0 Å². The molecule has 4 rings (SSSR count). The van der Waals surface area contributed by atoms with Crippen LogP contribution in [0.1, 0.15) is 71.1 Å². The Kier molecular flexibility index (Phi) is 4.65. The molecular formula is C24H32O3. The van der Waals surface area contributed by atoms with Crippen molar-refractivity contribution in [3.8, 4) is 12.3 Å². The SMILES string of the molecule is C#CC[C@]12CCCCC1=CC[C@@H]1[C@@H]2CC[C@]2(C)C(=C(OC)C(=O)O)CC[C@@H]12. The number of carboxylic acids is 1. The van der Waals surface area contributed by atoms with Gasteiger partial charge in [-0.25, -0.2) is 4.79 Å². The summed E-state index contributed by atoms with van der Waals surface area (Å²) in [4.78, 5) is 11.7. The maximum atomic E-state index is 11.7. The number of aliphatic carboxylic acids is 1. The van der Waals surface area contributed by atoms with Gasteiger partial charge in [-0.1, -0.05) is 25.0 Å². The zero-order valence-corrected chi connectivity index (χ0v) is 16.7. The molecule has 3 saturated carbocycles. The van der Waals surface area contributed by atoms with E-state index in [1.165, 1.54) is 32.8 Å². The second-order valence-corrected chi connectivity index (χ2v) is 9.40. The van der Waals surface area contributed by atoms with Crippen LogP contribution >= 0.6 is 0 Å². The summed E-state index contributed by atoms with van der Waals surface area (Å²) < 4.78 is 5.33. The van der Waals surface area contributed by atoms with E-state index in [1.807, 2.05) is 0 Å². The zero-order chi connectivity index (χ0) is 19.2. The van der Waals surface area contributed by atoms with Gasteiger partial charge in [-0.2, -0.15) is 0 Å². The summed E-state index contributed by atoms with van der Waals surface area (Å²) in [5.41, 5.74) is 2.88. The smallest absolute Gasteiger partial charge is 0.371 e. The van der Waals surface area contributed by atoms with E-state index in [2.05, 4.69) is 18.9 Å². The number of terminal acetylenes is 1. The van der Waals surface area contributed by atoms with E-state index in [0.717, 1.165) is 44.1 Å². The third kappa shape index (κ3) is 2.59. The molecule has 5 atom stereocenters. The summed E-state index contributed by atoms with van der Waals surface area (Å²) >= 11 is 0. The molecule has 0 unspecified atom stereocenters. The van der Waals surface area contributed by atoms with Gasteiger partial charge in [0, 0.05) is 11.8 Å². The molecule has 3 nitrogen and oxygen atoms in total. The van der Waals surface area contributed by atoms with Crippen LogP contribution in [0.3, 0.4) is 0 Å². The van der Waals surface area contributed by atoms with E-state index in [4.69, 9.17) is 11.2 Å². The van der Waals surface area contributed by atoms with Crippen molar-refractivity contribution in [3.05, 3.63) is 23.0 Å². The molecule has 4 aliphatic rings. The maximum Gasteiger partial charge on any atom is 0.371 e. The predicted octanol–water partition coefficient (Wildman–Crippen LogP) is 5.33. The highest BCUT2D eigenvalue weighted by molar-refractivity contribution is 5.85. The number of ether oxygens (including phenoxy) is 1. The fourth-order valence-corrected chi connectivity index (χ4v) is 7.52. The first-order chi connectivity index (χ1) is 13.0. The minimum absolute atomic E-state index is 0.0394. The van der Waals surface area contributed by atoms with Gasteiger partial charge in [0.15, 0.2) is 0 Å². The molecule has 0 saturated heterocycles. The van der Waals surface area contributed by atoms with Crippen LogP contribution in [0.2, 0.25) is 0 Å². The Morgan fingerprint density at radius 1 is 1.30 bits per heavy atom. The summed E-state index contributed by atoms with van der Waals surface area (Å²) in [5, 5.41) is 9.62. The van der Waals surface area contributed by atoms with Crippen LogP contribution in [0, 0.1) is 40.9 Å². The van der Waals surface area contributed by atoms with E-state index in [1.54, 1.807) is 5.57 Å². The van der Waals surface area contributed by atoms with Crippen LogP contribution in [-0.4, -0.2) is 18.2 Å². The lowest BCUT2D eigenvalue weighted by Gasteiger charge is -2.57. The van der Waals surface area contributed by atoms with Crippen LogP contribution in [0.4, 0.5) is 0 Å². The summed E-state index contributed by atoms with van der Waals surface area (Å²) in [6.07, 6.45) is 19.7. The van der Waals surface area contributed by atoms with Gasteiger partial charge < -0.3 is 9.84 Å². The molecule has 3 heteroatoms. The normalized spacial score (nSPS) is 42.1. The lowest BCUT2D eigenvalue weighted by atomic mass is 9.46. The molecule has 0 radical (unpaired) electrons. The molecule has 0 aromatic rings. The molecule has 146 valence electrons. The summed E-state index contributed by atoms with van der Waals surface area (Å²) in [5.74, 6) is 4.15. The third-order valence-corrected chi connectivity index (χ3v) is 8.62. The summed E-state index contributed by atoms with van der Waals surface area (Å²) in [7, 11) is 1.50. The standard InChI is InChI=1S/C24H32O3/c1-4-13-24-14-6-5-7-16(24)8-9-17-18-10-11-20(21(27-3)22(25)26)23(18,2)15-12-19(17)24/h1,8,17-19H,5-7,9-15H2,2-3H3,(H,25,26)/t17-,18-,19-,23-,24-/m0/s1. The molecule has 0 aromatic carbocycles. The first-order valence-corrected chi connectivity index (χ1v) is 10.6. The Hall–Kier alpha value is -1.69. The number of hydrogen-bond acceptors (Lipinski definition) is 2. The van der Waals surface area contributed by atoms with Crippen molar-refractivity contribution >= 4 is 5.97 Å². The molecule has 0 aromatic heterocycles. The second kappa shape index (κ2) is 6.73. The molecule has 0 bridgehead atoms. The van der Waals surface area contributed by atoms with E-state index in [0.29, 0.717) is 17.8 Å². The first-order valence-electron chi connectivity index (χ1n) is 10.6. The van der Waals surface area contributed by atoms with Crippen LogP contribution in [0.25, 0.3) is 0 Å². The minimum atomic E-state index is -0.918. The van der Waals surface area contributed by atoms with Gasteiger partial charge in [0.2, 0.25) is 5.76 Å². The highest BCUT2D eigenvalue weighted by Gasteiger charge is 2.58. The molecule has 3 fully saturated rings. The summed E-state index contributed by atoms with van der Waals surface area (Å²) in [6, 6.07) is 0. The number of hydrogen-bond donors (Lipinski definition) is 1. The van der Waals surface area contributed by atoms with Crippen molar-refractivity contribution in [1.29, 1.82) is 0 Å². The fourth-order valence-electron chi connectivity index (χ4n) is 7.52. The van der Waals surface area contributed by atoms with Crippen molar-refractivity contribution in [2.24, 2.45) is 28.6 Å². The van der Waals surface area contributed by atoms with Gasteiger partial charge in [-0.05, 0) is 80.1 Å². The fraction of sp³-hybridized carbons (Fsp3) is 0.708. The van der Waals surface area contributed by atoms with Crippen LogP contribution in [-0.2, 0) is 9.53 Å². The van der Waals surface area contributed by atoms with Gasteiger partial charge in [0.05, 0.1) is 7.11 Å². The quantitative estimate of drug-likeness (QED) is 0.317. The Balaban J connectivity index is 1.73. The Morgan fingerprint density at radius 3 is 2.81 bits per heavy atom. The van der Waals surface area contributed by atoms with E-state index < -0.39 is 5.97 Å². The van der Waals surface area contributed by atoms with E-state index >= 15 is 0 Å². The number of carbonyl (C=O) groups is 1. The number of rotatable bonds is 3. The maximum absolute atomic E-state index is 11.7. The highest BCUT2D eigenvalue weighted by Crippen LogP contribution is 2.67. The van der Waals surface area contributed by atoms with Gasteiger partial charge in [0.1, 0.15) is 0 Å². The molecular weight excluding hydrogens is 336 g/mol. The van der Waals surface area contributed by atoms with Crippen molar-refractivity contribution in [1.82, 2.24) is 0 Å². The molecule has 1 N–H and O–H groups in total. The Morgan fingerprint density at radius 2 is 2.11 bits per heavy atom. The Labute approximate surface area is 163 Å². The highest BCUT2D eigenvalue weighted by atomic mass is 16.5.